The lowest BCUT2D eigenvalue weighted by Crippen LogP contribution is -2.43. The van der Waals surface area contributed by atoms with Gasteiger partial charge in [-0.25, -0.2) is 8.42 Å². The molecule has 0 fully saturated rings. The highest BCUT2D eigenvalue weighted by atomic mass is 35.5. The lowest BCUT2D eigenvalue weighted by atomic mass is 10.2. The fourth-order valence-corrected chi connectivity index (χ4v) is 5.12. The van der Waals surface area contributed by atoms with Crippen LogP contribution in [0.3, 0.4) is 0 Å². The quantitative estimate of drug-likeness (QED) is 0.183. The summed E-state index contributed by atoms with van der Waals surface area (Å²) in [6.45, 7) is 0.132. The zero-order valence-corrected chi connectivity index (χ0v) is 21.2. The monoisotopic (exact) mass is 535 g/mol. The number of benzene rings is 2. The van der Waals surface area contributed by atoms with Crippen molar-refractivity contribution in [3.63, 3.8) is 0 Å². The summed E-state index contributed by atoms with van der Waals surface area (Å²) in [5.74, 6) is 0.0844. The summed E-state index contributed by atoms with van der Waals surface area (Å²) in [6.07, 6.45) is 1.81. The van der Waals surface area contributed by atoms with Crippen LogP contribution >= 0.6 is 11.6 Å². The molecule has 1 aromatic heterocycles. The fraction of sp³-hybridized carbons (Fsp3) is 0.292. The maximum atomic E-state index is 13.5. The second-order valence-corrected chi connectivity index (χ2v) is 10.2. The molecule has 0 aliphatic heterocycles. The Balaban J connectivity index is 1.90. The summed E-state index contributed by atoms with van der Waals surface area (Å²) in [5.41, 5.74) is 0.323. The standard InChI is InChI=1S/C24H26ClN3O7S/c1-34-13-6-12-27(36(32,33)21-10-11-22(25)23(15-21)28(30)31)18-24(29)26(17-20-9-5-14-35-20)16-19-7-3-2-4-8-19/h2-5,7-11,14-15H,6,12-13,16-18H2,1H3. The maximum Gasteiger partial charge on any atom is 0.289 e. The Morgan fingerprint density at radius 2 is 1.86 bits per heavy atom. The van der Waals surface area contributed by atoms with E-state index in [-0.39, 0.29) is 36.2 Å². The molecule has 0 bridgehead atoms. The Morgan fingerprint density at radius 3 is 2.50 bits per heavy atom. The summed E-state index contributed by atoms with van der Waals surface area (Å²) >= 11 is 5.86. The third-order valence-corrected chi connectivity index (χ3v) is 7.48. The van der Waals surface area contributed by atoms with Crippen LogP contribution in [0.4, 0.5) is 5.69 Å². The average molecular weight is 536 g/mol. The van der Waals surface area contributed by atoms with E-state index >= 15 is 0 Å². The van der Waals surface area contributed by atoms with Crippen LogP contribution in [0, 0.1) is 10.1 Å². The maximum absolute atomic E-state index is 13.5. The number of carbonyl (C=O) groups is 1. The molecule has 12 heteroatoms. The third-order valence-electron chi connectivity index (χ3n) is 5.32. The topological polar surface area (TPSA) is 123 Å². The number of nitro benzene ring substituents is 1. The van der Waals surface area contributed by atoms with Crippen LogP contribution in [0.25, 0.3) is 0 Å². The molecule has 0 aliphatic carbocycles. The van der Waals surface area contributed by atoms with E-state index in [0.29, 0.717) is 12.2 Å². The molecule has 0 unspecified atom stereocenters. The largest absolute Gasteiger partial charge is 0.467 e. The van der Waals surface area contributed by atoms with Crippen molar-refractivity contribution < 1.29 is 27.3 Å². The number of hydrogen-bond acceptors (Lipinski definition) is 7. The van der Waals surface area contributed by atoms with Gasteiger partial charge in [-0.3, -0.25) is 14.9 Å². The van der Waals surface area contributed by atoms with Gasteiger partial charge < -0.3 is 14.1 Å². The second-order valence-electron chi connectivity index (χ2n) is 7.87. The molecule has 3 aromatic rings. The Bertz CT molecular complexity index is 1270. The lowest BCUT2D eigenvalue weighted by molar-refractivity contribution is -0.384. The number of nitrogens with zero attached hydrogens (tertiary/aromatic N) is 3. The zero-order valence-electron chi connectivity index (χ0n) is 19.6. The van der Waals surface area contributed by atoms with Gasteiger partial charge in [-0.1, -0.05) is 41.9 Å². The highest BCUT2D eigenvalue weighted by molar-refractivity contribution is 7.89. The van der Waals surface area contributed by atoms with Gasteiger partial charge in [0, 0.05) is 32.9 Å². The number of sulfonamides is 1. The molecular weight excluding hydrogens is 510 g/mol. The van der Waals surface area contributed by atoms with Crippen LogP contribution in [-0.4, -0.2) is 55.3 Å². The Kier molecular flexibility index (Phi) is 9.59. The van der Waals surface area contributed by atoms with E-state index in [0.717, 1.165) is 22.0 Å². The molecular formula is C24H26ClN3O7S. The Labute approximate surface area is 214 Å². The van der Waals surface area contributed by atoms with Crippen LogP contribution in [-0.2, 0) is 32.6 Å². The normalized spacial score (nSPS) is 11.5. The summed E-state index contributed by atoms with van der Waals surface area (Å²) in [7, 11) is -2.79. The molecule has 0 atom stereocenters. The van der Waals surface area contributed by atoms with E-state index in [1.807, 2.05) is 30.3 Å². The van der Waals surface area contributed by atoms with Crippen LogP contribution in [0.1, 0.15) is 17.7 Å². The predicted molar refractivity (Wildman–Crippen MR) is 133 cm³/mol. The van der Waals surface area contributed by atoms with E-state index in [9.17, 15) is 23.3 Å². The van der Waals surface area contributed by atoms with Crippen molar-refractivity contribution in [3.8, 4) is 0 Å². The number of methoxy groups -OCH3 is 1. The first kappa shape index (κ1) is 27.3. The SMILES string of the molecule is COCCCN(CC(=O)N(Cc1ccccc1)Cc1ccco1)S(=O)(=O)c1ccc(Cl)c([N+](=O)[O-])c1. The number of rotatable bonds is 13. The zero-order chi connectivity index (χ0) is 26.1. The molecule has 0 aliphatic rings. The molecule has 1 heterocycles. The Morgan fingerprint density at radius 1 is 1.11 bits per heavy atom. The van der Waals surface area contributed by atoms with Gasteiger partial charge in [0.2, 0.25) is 15.9 Å². The minimum atomic E-state index is -4.27. The highest BCUT2D eigenvalue weighted by Crippen LogP contribution is 2.29. The van der Waals surface area contributed by atoms with Crippen LogP contribution in [0.5, 0.6) is 0 Å². The van der Waals surface area contributed by atoms with Gasteiger partial charge in [0.1, 0.15) is 10.8 Å². The third kappa shape index (κ3) is 7.14. The van der Waals surface area contributed by atoms with E-state index in [4.69, 9.17) is 20.8 Å². The molecule has 2 aromatic carbocycles. The van der Waals surface area contributed by atoms with Crippen LogP contribution in [0.2, 0.25) is 5.02 Å². The number of hydrogen-bond donors (Lipinski definition) is 0. The first-order chi connectivity index (χ1) is 17.2. The minimum Gasteiger partial charge on any atom is -0.467 e. The minimum absolute atomic E-state index is 0.0295. The molecule has 1 amide bonds. The van der Waals surface area contributed by atoms with E-state index in [1.165, 1.54) is 24.3 Å². The predicted octanol–water partition coefficient (Wildman–Crippen LogP) is 4.10. The van der Waals surface area contributed by atoms with Crippen LogP contribution in [0.15, 0.2) is 76.2 Å². The molecule has 0 spiro atoms. The average Bonchev–Trinajstić information content (AvgIpc) is 3.37. The second kappa shape index (κ2) is 12.6. The number of ether oxygens (including phenoxy) is 1. The molecule has 36 heavy (non-hydrogen) atoms. The number of amides is 1. The number of furan rings is 1. The van der Waals surface area contributed by atoms with Crippen LogP contribution < -0.4 is 0 Å². The fourth-order valence-electron chi connectivity index (χ4n) is 3.49. The van der Waals surface area contributed by atoms with E-state index in [1.54, 1.807) is 12.1 Å². The van der Waals surface area contributed by atoms with Gasteiger partial charge >= 0.3 is 0 Å². The molecule has 0 radical (unpaired) electrons. The molecule has 192 valence electrons. The number of nitro groups is 1. The summed E-state index contributed by atoms with van der Waals surface area (Å²) in [6, 6.07) is 15.9. The van der Waals surface area contributed by atoms with Crippen molar-refractivity contribution in [1.82, 2.24) is 9.21 Å². The molecule has 10 nitrogen and oxygen atoms in total. The van der Waals surface area contributed by atoms with Gasteiger partial charge in [0.05, 0.1) is 29.2 Å². The first-order valence-corrected chi connectivity index (χ1v) is 12.8. The lowest BCUT2D eigenvalue weighted by Gasteiger charge is -2.27. The van der Waals surface area contributed by atoms with Gasteiger partial charge in [-0.05, 0) is 36.2 Å². The Hall–Kier alpha value is -3.25. The smallest absolute Gasteiger partial charge is 0.289 e. The summed E-state index contributed by atoms with van der Waals surface area (Å²) in [4.78, 5) is 25.2. The number of halogens is 1. The van der Waals surface area contributed by atoms with Crippen molar-refractivity contribution in [2.45, 2.75) is 24.4 Å². The van der Waals surface area contributed by atoms with Crippen molar-refractivity contribution in [1.29, 1.82) is 0 Å². The van der Waals surface area contributed by atoms with Gasteiger partial charge in [-0.15, -0.1) is 0 Å². The van der Waals surface area contributed by atoms with Crippen molar-refractivity contribution in [2.75, 3.05) is 26.8 Å². The van der Waals surface area contributed by atoms with Crippen molar-refractivity contribution >= 4 is 33.2 Å². The summed E-state index contributed by atoms with van der Waals surface area (Å²) in [5, 5.41) is 11.1. The van der Waals surface area contributed by atoms with Crippen molar-refractivity contribution in [3.05, 3.63) is 93.4 Å². The number of carbonyl (C=O) groups excluding carboxylic acids is 1. The molecule has 0 N–H and O–H groups in total. The molecule has 0 saturated heterocycles. The van der Waals surface area contributed by atoms with E-state index in [2.05, 4.69) is 0 Å². The highest BCUT2D eigenvalue weighted by Gasteiger charge is 2.30. The molecule has 0 saturated carbocycles. The summed E-state index contributed by atoms with van der Waals surface area (Å²) < 4.78 is 38.4. The molecule has 3 rings (SSSR count). The first-order valence-electron chi connectivity index (χ1n) is 11.0. The van der Waals surface area contributed by atoms with Gasteiger partial charge in [0.25, 0.3) is 5.69 Å². The van der Waals surface area contributed by atoms with Crippen molar-refractivity contribution in [2.24, 2.45) is 0 Å². The van der Waals surface area contributed by atoms with Gasteiger partial charge in [-0.2, -0.15) is 4.31 Å². The van der Waals surface area contributed by atoms with E-state index < -0.39 is 33.1 Å². The van der Waals surface area contributed by atoms with Gasteiger partial charge in [0.15, 0.2) is 0 Å².